The zero-order valence-electron chi connectivity index (χ0n) is 11.2. The number of aryl methyl sites for hydroxylation is 2. The Morgan fingerprint density at radius 3 is 2.58 bits per heavy atom. The third-order valence-corrected chi connectivity index (χ3v) is 3.36. The molecule has 0 atom stereocenters. The zero-order chi connectivity index (χ0) is 13.5. The highest BCUT2D eigenvalue weighted by Crippen LogP contribution is 2.22. The molecule has 0 aliphatic carbocycles. The maximum Gasteiger partial charge on any atom is 0.123 e. The summed E-state index contributed by atoms with van der Waals surface area (Å²) in [4.78, 5) is 0. The van der Waals surface area contributed by atoms with Gasteiger partial charge in [-0.15, -0.1) is 11.6 Å². The Bertz CT molecular complexity index is 508. The third-order valence-electron chi connectivity index (χ3n) is 3.07. The van der Waals surface area contributed by atoms with Crippen molar-refractivity contribution in [2.45, 2.75) is 25.6 Å². The van der Waals surface area contributed by atoms with Crippen LogP contribution >= 0.6 is 11.6 Å². The third kappa shape index (κ3) is 4.29. The second kappa shape index (κ2) is 7.20. The number of ether oxygens (including phenoxy) is 1. The highest BCUT2D eigenvalue weighted by Gasteiger charge is 2.03. The fourth-order valence-electron chi connectivity index (χ4n) is 2.06. The van der Waals surface area contributed by atoms with E-state index in [4.69, 9.17) is 16.3 Å². The maximum absolute atomic E-state index is 5.93. The molecule has 2 aromatic carbocycles. The molecule has 0 N–H and O–H groups in total. The van der Waals surface area contributed by atoms with Crippen molar-refractivity contribution in [2.75, 3.05) is 6.61 Å². The summed E-state index contributed by atoms with van der Waals surface area (Å²) in [6.07, 6.45) is 2.06. The molecule has 0 saturated carbocycles. The van der Waals surface area contributed by atoms with E-state index in [9.17, 15) is 0 Å². The molecular formula is C17H19ClO. The Morgan fingerprint density at radius 2 is 1.84 bits per heavy atom. The van der Waals surface area contributed by atoms with E-state index in [0.29, 0.717) is 5.88 Å². The molecule has 0 saturated heterocycles. The normalized spacial score (nSPS) is 10.4. The van der Waals surface area contributed by atoms with Gasteiger partial charge in [0.2, 0.25) is 0 Å². The van der Waals surface area contributed by atoms with Crippen LogP contribution in [0.5, 0.6) is 5.75 Å². The summed E-state index contributed by atoms with van der Waals surface area (Å²) in [5, 5.41) is 0. The van der Waals surface area contributed by atoms with E-state index < -0.39 is 0 Å². The smallest absolute Gasteiger partial charge is 0.123 e. The van der Waals surface area contributed by atoms with Gasteiger partial charge < -0.3 is 4.74 Å². The lowest BCUT2D eigenvalue weighted by molar-refractivity contribution is 0.308. The Hall–Kier alpha value is -1.47. The summed E-state index contributed by atoms with van der Waals surface area (Å²) in [7, 11) is 0. The van der Waals surface area contributed by atoms with E-state index in [1.165, 1.54) is 11.1 Å². The van der Waals surface area contributed by atoms with E-state index in [0.717, 1.165) is 30.8 Å². The van der Waals surface area contributed by atoms with Crippen LogP contribution in [0, 0.1) is 6.92 Å². The number of alkyl halides is 1. The van der Waals surface area contributed by atoms with Crippen LogP contribution in [0.2, 0.25) is 0 Å². The molecule has 0 fully saturated rings. The molecule has 0 unspecified atom stereocenters. The quantitative estimate of drug-likeness (QED) is 0.546. The van der Waals surface area contributed by atoms with Gasteiger partial charge in [0.05, 0.1) is 12.5 Å². The Balaban J connectivity index is 1.83. The highest BCUT2D eigenvalue weighted by atomic mass is 35.5. The highest BCUT2D eigenvalue weighted by molar-refractivity contribution is 6.17. The molecule has 19 heavy (non-hydrogen) atoms. The topological polar surface area (TPSA) is 9.23 Å². The van der Waals surface area contributed by atoms with Gasteiger partial charge in [-0.1, -0.05) is 48.0 Å². The first-order chi connectivity index (χ1) is 9.29. The van der Waals surface area contributed by atoms with Crippen LogP contribution in [0.4, 0.5) is 0 Å². The van der Waals surface area contributed by atoms with Gasteiger partial charge in [-0.3, -0.25) is 0 Å². The monoisotopic (exact) mass is 274 g/mol. The van der Waals surface area contributed by atoms with Crippen molar-refractivity contribution < 1.29 is 4.74 Å². The molecule has 2 rings (SSSR count). The maximum atomic E-state index is 5.93. The van der Waals surface area contributed by atoms with Gasteiger partial charge >= 0.3 is 0 Å². The summed E-state index contributed by atoms with van der Waals surface area (Å²) in [5.41, 5.74) is 3.64. The van der Waals surface area contributed by atoms with Crippen LogP contribution in [0.1, 0.15) is 23.1 Å². The Labute approximate surface area is 120 Å². The van der Waals surface area contributed by atoms with Gasteiger partial charge in [-0.2, -0.15) is 0 Å². The van der Waals surface area contributed by atoms with Gasteiger partial charge in [-0.25, -0.2) is 0 Å². The molecule has 0 aromatic heterocycles. The minimum Gasteiger partial charge on any atom is -0.493 e. The van der Waals surface area contributed by atoms with E-state index in [1.54, 1.807) is 0 Å². The van der Waals surface area contributed by atoms with Crippen LogP contribution in [0.25, 0.3) is 0 Å². The van der Waals surface area contributed by atoms with Gasteiger partial charge in [0, 0.05) is 5.56 Å². The summed E-state index contributed by atoms with van der Waals surface area (Å²) in [6, 6.07) is 16.6. The molecule has 0 heterocycles. The summed E-state index contributed by atoms with van der Waals surface area (Å²) in [6.45, 7) is 2.79. The van der Waals surface area contributed by atoms with Crippen molar-refractivity contribution in [3.63, 3.8) is 0 Å². The minimum atomic E-state index is 0.496. The molecule has 2 heteroatoms. The molecule has 0 radical (unpaired) electrons. The van der Waals surface area contributed by atoms with E-state index in [-0.39, 0.29) is 0 Å². The molecular weight excluding hydrogens is 256 g/mol. The lowest BCUT2D eigenvalue weighted by Crippen LogP contribution is -2.01. The number of benzene rings is 2. The fourth-order valence-corrected chi connectivity index (χ4v) is 2.27. The number of rotatable bonds is 6. The Morgan fingerprint density at radius 1 is 1.05 bits per heavy atom. The van der Waals surface area contributed by atoms with Crippen LogP contribution in [-0.4, -0.2) is 6.61 Å². The van der Waals surface area contributed by atoms with Gasteiger partial charge in [0.1, 0.15) is 5.75 Å². The predicted octanol–water partition coefficient (Wildman–Crippen LogP) is 4.75. The molecule has 2 aromatic rings. The summed E-state index contributed by atoms with van der Waals surface area (Å²) >= 11 is 5.93. The van der Waals surface area contributed by atoms with Crippen molar-refractivity contribution >= 4 is 11.6 Å². The standard InChI is InChI=1S/C17H19ClO/c1-14-9-10-17(16(12-14)13-18)19-11-5-8-15-6-3-2-4-7-15/h2-4,6-7,9-10,12H,5,8,11,13H2,1H3. The molecule has 0 aliphatic heterocycles. The molecule has 0 aliphatic rings. The van der Waals surface area contributed by atoms with Crippen molar-refractivity contribution in [1.82, 2.24) is 0 Å². The van der Waals surface area contributed by atoms with Crippen LogP contribution in [-0.2, 0) is 12.3 Å². The van der Waals surface area contributed by atoms with Crippen molar-refractivity contribution in [3.05, 3.63) is 65.2 Å². The molecule has 0 bridgehead atoms. The van der Waals surface area contributed by atoms with E-state index in [2.05, 4.69) is 43.3 Å². The zero-order valence-corrected chi connectivity index (χ0v) is 12.0. The number of hydrogen-bond acceptors (Lipinski definition) is 1. The van der Waals surface area contributed by atoms with Gasteiger partial charge in [0.15, 0.2) is 0 Å². The molecule has 1 nitrogen and oxygen atoms in total. The van der Waals surface area contributed by atoms with Crippen LogP contribution < -0.4 is 4.74 Å². The minimum absolute atomic E-state index is 0.496. The summed E-state index contributed by atoms with van der Waals surface area (Å²) < 4.78 is 5.82. The van der Waals surface area contributed by atoms with Crippen molar-refractivity contribution in [2.24, 2.45) is 0 Å². The number of halogens is 1. The van der Waals surface area contributed by atoms with Crippen LogP contribution in [0.15, 0.2) is 48.5 Å². The molecule has 0 spiro atoms. The lowest BCUT2D eigenvalue weighted by atomic mass is 10.1. The fraction of sp³-hybridized carbons (Fsp3) is 0.294. The van der Waals surface area contributed by atoms with Crippen molar-refractivity contribution in [3.8, 4) is 5.75 Å². The van der Waals surface area contributed by atoms with Gasteiger partial charge in [0.25, 0.3) is 0 Å². The van der Waals surface area contributed by atoms with Crippen molar-refractivity contribution in [1.29, 1.82) is 0 Å². The molecule has 0 amide bonds. The molecule has 100 valence electrons. The summed E-state index contributed by atoms with van der Waals surface area (Å²) in [5.74, 6) is 1.41. The number of hydrogen-bond donors (Lipinski definition) is 0. The SMILES string of the molecule is Cc1ccc(OCCCc2ccccc2)c(CCl)c1. The first kappa shape index (κ1) is 14.0. The largest absolute Gasteiger partial charge is 0.493 e. The second-order valence-electron chi connectivity index (χ2n) is 4.68. The average Bonchev–Trinajstić information content (AvgIpc) is 2.46. The lowest BCUT2D eigenvalue weighted by Gasteiger charge is -2.10. The second-order valence-corrected chi connectivity index (χ2v) is 4.95. The Kier molecular flexibility index (Phi) is 5.29. The van der Waals surface area contributed by atoms with E-state index in [1.807, 2.05) is 12.1 Å². The first-order valence-corrected chi connectivity index (χ1v) is 7.15. The van der Waals surface area contributed by atoms with E-state index >= 15 is 0 Å². The average molecular weight is 275 g/mol. The first-order valence-electron chi connectivity index (χ1n) is 6.62. The van der Waals surface area contributed by atoms with Crippen LogP contribution in [0.3, 0.4) is 0 Å². The van der Waals surface area contributed by atoms with Gasteiger partial charge in [-0.05, 0) is 31.4 Å². The predicted molar refractivity (Wildman–Crippen MR) is 81.0 cm³/mol.